The number of rotatable bonds is 4. The Labute approximate surface area is 94.6 Å². The lowest BCUT2D eigenvalue weighted by atomic mass is 9.89. The van der Waals surface area contributed by atoms with E-state index in [0.29, 0.717) is 6.04 Å². The van der Waals surface area contributed by atoms with Gasteiger partial charge in [0.2, 0.25) is 0 Å². The van der Waals surface area contributed by atoms with Crippen molar-refractivity contribution >= 4 is 0 Å². The number of hydrogen-bond donors (Lipinski definition) is 1. The van der Waals surface area contributed by atoms with Crippen molar-refractivity contribution in [1.29, 1.82) is 0 Å². The van der Waals surface area contributed by atoms with Crippen molar-refractivity contribution < 1.29 is 4.74 Å². The second-order valence-electron chi connectivity index (χ2n) is 5.65. The number of nitrogens with two attached hydrogens (primary N) is 1. The van der Waals surface area contributed by atoms with Gasteiger partial charge in [0.15, 0.2) is 0 Å². The minimum atomic E-state index is 0.0381. The summed E-state index contributed by atoms with van der Waals surface area (Å²) >= 11 is 0. The van der Waals surface area contributed by atoms with Crippen LogP contribution in [0.1, 0.15) is 58.8 Å². The highest BCUT2D eigenvalue weighted by atomic mass is 16.5. The molecule has 2 nitrogen and oxygen atoms in total. The smallest absolute Gasteiger partial charge is 0.0622 e. The zero-order chi connectivity index (χ0) is 11.3. The van der Waals surface area contributed by atoms with E-state index in [-0.39, 0.29) is 5.60 Å². The standard InChI is InChI=1S/C13H27NO/c1-13(2,15-3)9-8-11-6-4-5-7-12(14)10-11/h11-12H,4-10,14H2,1-3H3. The van der Waals surface area contributed by atoms with Gasteiger partial charge < -0.3 is 10.5 Å². The molecule has 0 aromatic rings. The average molecular weight is 213 g/mol. The van der Waals surface area contributed by atoms with E-state index in [1.165, 1.54) is 38.5 Å². The second kappa shape index (κ2) is 5.86. The third-order valence-electron chi connectivity index (χ3n) is 3.78. The summed E-state index contributed by atoms with van der Waals surface area (Å²) in [7, 11) is 1.80. The predicted octanol–water partition coefficient (Wildman–Crippen LogP) is 3.10. The molecular weight excluding hydrogens is 186 g/mol. The molecule has 0 heterocycles. The Bertz CT molecular complexity index is 179. The normalized spacial score (nSPS) is 28.8. The molecule has 15 heavy (non-hydrogen) atoms. The Hall–Kier alpha value is -0.0800. The fourth-order valence-corrected chi connectivity index (χ4v) is 2.42. The molecule has 2 heteroatoms. The number of hydrogen-bond acceptors (Lipinski definition) is 2. The van der Waals surface area contributed by atoms with Crippen LogP contribution < -0.4 is 5.73 Å². The summed E-state index contributed by atoms with van der Waals surface area (Å²) in [6.45, 7) is 4.34. The quantitative estimate of drug-likeness (QED) is 0.728. The molecule has 1 saturated carbocycles. The van der Waals surface area contributed by atoms with Gasteiger partial charge in [-0.05, 0) is 45.4 Å². The van der Waals surface area contributed by atoms with Crippen LogP contribution in [0.2, 0.25) is 0 Å². The van der Waals surface area contributed by atoms with Crippen LogP contribution in [0, 0.1) is 5.92 Å². The summed E-state index contributed by atoms with van der Waals surface area (Å²) in [5.74, 6) is 0.830. The van der Waals surface area contributed by atoms with Crippen molar-refractivity contribution in [2.45, 2.75) is 70.4 Å². The first-order valence-electron chi connectivity index (χ1n) is 6.34. The molecule has 0 spiro atoms. The maximum atomic E-state index is 6.07. The van der Waals surface area contributed by atoms with Crippen molar-refractivity contribution in [3.05, 3.63) is 0 Å². The molecule has 0 aromatic heterocycles. The molecule has 2 N–H and O–H groups in total. The van der Waals surface area contributed by atoms with Crippen molar-refractivity contribution in [2.75, 3.05) is 7.11 Å². The highest BCUT2D eigenvalue weighted by Crippen LogP contribution is 2.29. The molecule has 0 radical (unpaired) electrons. The highest BCUT2D eigenvalue weighted by molar-refractivity contribution is 4.76. The molecule has 1 aliphatic carbocycles. The first-order valence-corrected chi connectivity index (χ1v) is 6.34. The zero-order valence-corrected chi connectivity index (χ0v) is 10.6. The predicted molar refractivity (Wildman–Crippen MR) is 64.9 cm³/mol. The van der Waals surface area contributed by atoms with Gasteiger partial charge in [-0.15, -0.1) is 0 Å². The van der Waals surface area contributed by atoms with Crippen LogP contribution >= 0.6 is 0 Å². The topological polar surface area (TPSA) is 35.2 Å². The van der Waals surface area contributed by atoms with E-state index in [4.69, 9.17) is 10.5 Å². The third kappa shape index (κ3) is 4.98. The van der Waals surface area contributed by atoms with Crippen molar-refractivity contribution in [2.24, 2.45) is 11.7 Å². The van der Waals surface area contributed by atoms with E-state index in [1.807, 2.05) is 0 Å². The van der Waals surface area contributed by atoms with Crippen LogP contribution in [0.3, 0.4) is 0 Å². The monoisotopic (exact) mass is 213 g/mol. The molecule has 2 atom stereocenters. The van der Waals surface area contributed by atoms with E-state index < -0.39 is 0 Å². The lowest BCUT2D eigenvalue weighted by Gasteiger charge is -2.26. The zero-order valence-electron chi connectivity index (χ0n) is 10.6. The summed E-state index contributed by atoms with van der Waals surface area (Å²) in [5, 5.41) is 0. The summed E-state index contributed by atoms with van der Waals surface area (Å²) in [4.78, 5) is 0. The van der Waals surface area contributed by atoms with E-state index >= 15 is 0 Å². The summed E-state index contributed by atoms with van der Waals surface area (Å²) in [5.41, 5.74) is 6.10. The van der Waals surface area contributed by atoms with Crippen molar-refractivity contribution in [1.82, 2.24) is 0 Å². The molecule has 2 unspecified atom stereocenters. The molecule has 1 rings (SSSR count). The molecule has 0 aliphatic heterocycles. The summed E-state index contributed by atoms with van der Waals surface area (Å²) in [6.07, 6.45) is 8.93. The van der Waals surface area contributed by atoms with Crippen LogP contribution in [-0.2, 0) is 4.74 Å². The molecule has 0 bridgehead atoms. The first kappa shape index (κ1) is 13.0. The SMILES string of the molecule is COC(C)(C)CCC1CCCCC(N)C1. The lowest BCUT2D eigenvalue weighted by molar-refractivity contribution is 0.00972. The Morgan fingerprint density at radius 1 is 1.27 bits per heavy atom. The van der Waals surface area contributed by atoms with Gasteiger partial charge in [0.1, 0.15) is 0 Å². The van der Waals surface area contributed by atoms with Gasteiger partial charge in [0.05, 0.1) is 5.60 Å². The van der Waals surface area contributed by atoms with E-state index in [9.17, 15) is 0 Å². The first-order chi connectivity index (χ1) is 7.03. The second-order valence-corrected chi connectivity index (χ2v) is 5.65. The molecule has 1 aliphatic rings. The average Bonchev–Trinajstić information content (AvgIpc) is 2.40. The van der Waals surface area contributed by atoms with Crippen LogP contribution in [-0.4, -0.2) is 18.8 Å². The molecule has 1 fully saturated rings. The maximum absolute atomic E-state index is 6.07. The minimum Gasteiger partial charge on any atom is -0.379 e. The summed E-state index contributed by atoms with van der Waals surface area (Å²) < 4.78 is 5.46. The van der Waals surface area contributed by atoms with E-state index in [1.54, 1.807) is 7.11 Å². The van der Waals surface area contributed by atoms with Crippen molar-refractivity contribution in [3.63, 3.8) is 0 Å². The Balaban J connectivity index is 2.30. The Morgan fingerprint density at radius 2 is 1.93 bits per heavy atom. The van der Waals surface area contributed by atoms with Crippen molar-refractivity contribution in [3.8, 4) is 0 Å². The van der Waals surface area contributed by atoms with Crippen LogP contribution in [0.25, 0.3) is 0 Å². The summed E-state index contributed by atoms with van der Waals surface area (Å²) in [6, 6.07) is 0.447. The van der Waals surface area contributed by atoms with Crippen LogP contribution in [0.15, 0.2) is 0 Å². The van der Waals surface area contributed by atoms with Gasteiger partial charge in [-0.25, -0.2) is 0 Å². The van der Waals surface area contributed by atoms with Gasteiger partial charge >= 0.3 is 0 Å². The highest BCUT2D eigenvalue weighted by Gasteiger charge is 2.22. The molecule has 0 amide bonds. The Morgan fingerprint density at radius 3 is 2.60 bits per heavy atom. The fraction of sp³-hybridized carbons (Fsp3) is 1.00. The van der Waals surface area contributed by atoms with E-state index in [0.717, 1.165) is 12.3 Å². The van der Waals surface area contributed by atoms with E-state index in [2.05, 4.69) is 13.8 Å². The largest absolute Gasteiger partial charge is 0.379 e. The Kier molecular flexibility index (Phi) is 5.07. The van der Waals surface area contributed by atoms with Gasteiger partial charge in [-0.3, -0.25) is 0 Å². The molecule has 0 aromatic carbocycles. The van der Waals surface area contributed by atoms with Crippen LogP contribution in [0.4, 0.5) is 0 Å². The third-order valence-corrected chi connectivity index (χ3v) is 3.78. The lowest BCUT2D eigenvalue weighted by Crippen LogP contribution is -2.25. The number of methoxy groups -OCH3 is 1. The number of ether oxygens (including phenoxy) is 1. The molecule has 90 valence electrons. The van der Waals surface area contributed by atoms with Gasteiger partial charge in [-0.2, -0.15) is 0 Å². The van der Waals surface area contributed by atoms with Gasteiger partial charge in [0.25, 0.3) is 0 Å². The van der Waals surface area contributed by atoms with Crippen LogP contribution in [0.5, 0.6) is 0 Å². The maximum Gasteiger partial charge on any atom is 0.0622 e. The molecule has 0 saturated heterocycles. The van der Waals surface area contributed by atoms with Gasteiger partial charge in [0, 0.05) is 13.2 Å². The minimum absolute atomic E-state index is 0.0381. The molecular formula is C13H27NO. The van der Waals surface area contributed by atoms with Gasteiger partial charge in [-0.1, -0.05) is 19.3 Å². The fourth-order valence-electron chi connectivity index (χ4n) is 2.42.